The number of aldehydes is 1. The summed E-state index contributed by atoms with van der Waals surface area (Å²) in [5, 5.41) is 12.1. The van der Waals surface area contributed by atoms with Crippen LogP contribution < -0.4 is 4.74 Å². The first-order valence-electron chi connectivity index (χ1n) is 5.46. The Morgan fingerprint density at radius 1 is 1.17 bits per heavy atom. The van der Waals surface area contributed by atoms with Crippen LogP contribution in [0.2, 0.25) is 0 Å². The molecular formula is C13H11NO4. The van der Waals surface area contributed by atoms with E-state index in [0.29, 0.717) is 22.9 Å². The second kappa shape index (κ2) is 5.27. The lowest BCUT2D eigenvalue weighted by molar-refractivity contribution is -0.383. The molecule has 0 aliphatic heterocycles. The summed E-state index contributed by atoms with van der Waals surface area (Å²) in [4.78, 5) is 20.7. The van der Waals surface area contributed by atoms with E-state index in [2.05, 4.69) is 0 Å². The molecule has 0 N–H and O–H groups in total. The minimum Gasteiger partial charge on any atom is -0.492 e. The zero-order valence-electron chi connectivity index (χ0n) is 9.54. The lowest BCUT2D eigenvalue weighted by atomic mass is 10.1. The minimum absolute atomic E-state index is 0.0494. The van der Waals surface area contributed by atoms with Gasteiger partial charge in [-0.3, -0.25) is 10.1 Å². The van der Waals surface area contributed by atoms with Crippen molar-refractivity contribution in [3.05, 3.63) is 46.5 Å². The van der Waals surface area contributed by atoms with E-state index in [-0.39, 0.29) is 12.3 Å². The summed E-state index contributed by atoms with van der Waals surface area (Å²) in [6, 6.07) is 9.95. The third-order valence-corrected chi connectivity index (χ3v) is 2.55. The number of ether oxygens (including phenoxy) is 1. The molecule has 0 aliphatic carbocycles. The number of benzene rings is 2. The first kappa shape index (κ1) is 12.0. The maximum Gasteiger partial charge on any atom is 0.277 e. The molecule has 0 aromatic heterocycles. The highest BCUT2D eigenvalue weighted by atomic mass is 16.6. The summed E-state index contributed by atoms with van der Waals surface area (Å²) in [7, 11) is 0. The van der Waals surface area contributed by atoms with Gasteiger partial charge >= 0.3 is 0 Å². The molecule has 18 heavy (non-hydrogen) atoms. The first-order valence-corrected chi connectivity index (χ1v) is 5.46. The molecule has 5 nitrogen and oxygen atoms in total. The highest BCUT2D eigenvalue weighted by molar-refractivity contribution is 5.95. The summed E-state index contributed by atoms with van der Waals surface area (Å²) in [5.74, 6) is 0.554. The lowest BCUT2D eigenvalue weighted by Gasteiger charge is -2.08. The topological polar surface area (TPSA) is 69.4 Å². The first-order chi connectivity index (χ1) is 8.74. The molecule has 0 amide bonds. The van der Waals surface area contributed by atoms with E-state index >= 15 is 0 Å². The molecule has 92 valence electrons. The number of carbonyl (C=O) groups is 1. The van der Waals surface area contributed by atoms with Crippen LogP contribution in [0.1, 0.15) is 6.42 Å². The minimum atomic E-state index is -0.419. The third-order valence-electron chi connectivity index (χ3n) is 2.55. The Balaban J connectivity index is 2.47. The normalized spacial score (nSPS) is 10.2. The zero-order valence-corrected chi connectivity index (χ0v) is 9.54. The van der Waals surface area contributed by atoms with E-state index in [4.69, 9.17) is 4.74 Å². The largest absolute Gasteiger partial charge is 0.492 e. The van der Waals surface area contributed by atoms with Gasteiger partial charge in [0.1, 0.15) is 12.0 Å². The van der Waals surface area contributed by atoms with E-state index in [1.165, 1.54) is 6.07 Å². The van der Waals surface area contributed by atoms with Crippen molar-refractivity contribution in [3.8, 4) is 5.75 Å². The Hall–Kier alpha value is -2.43. The molecule has 2 aromatic rings. The average molecular weight is 245 g/mol. The van der Waals surface area contributed by atoms with Gasteiger partial charge in [0.2, 0.25) is 0 Å². The number of nitrogens with zero attached hydrogens (tertiary/aromatic N) is 1. The van der Waals surface area contributed by atoms with Gasteiger partial charge in [-0.15, -0.1) is 0 Å². The summed E-state index contributed by atoms with van der Waals surface area (Å²) in [5.41, 5.74) is 0.0494. The second-order valence-electron chi connectivity index (χ2n) is 3.69. The van der Waals surface area contributed by atoms with Crippen LogP contribution in [0.15, 0.2) is 36.4 Å². The van der Waals surface area contributed by atoms with E-state index < -0.39 is 4.92 Å². The fourth-order valence-electron chi connectivity index (χ4n) is 1.76. The van der Waals surface area contributed by atoms with Crippen molar-refractivity contribution in [2.75, 3.05) is 6.61 Å². The maximum absolute atomic E-state index is 10.9. The van der Waals surface area contributed by atoms with Gasteiger partial charge in [0.25, 0.3) is 5.69 Å². The van der Waals surface area contributed by atoms with Gasteiger partial charge in [0.15, 0.2) is 0 Å². The number of hydrogen-bond donors (Lipinski definition) is 0. The van der Waals surface area contributed by atoms with Crippen molar-refractivity contribution in [1.82, 2.24) is 0 Å². The number of hydrogen-bond acceptors (Lipinski definition) is 4. The van der Waals surface area contributed by atoms with Crippen molar-refractivity contribution in [2.45, 2.75) is 6.42 Å². The summed E-state index contributed by atoms with van der Waals surface area (Å²) in [6.07, 6.45) is 1.07. The Morgan fingerprint density at radius 2 is 1.89 bits per heavy atom. The zero-order chi connectivity index (χ0) is 13.0. The lowest BCUT2D eigenvalue weighted by Crippen LogP contribution is -1.99. The van der Waals surface area contributed by atoms with Gasteiger partial charge in [0.05, 0.1) is 16.9 Å². The van der Waals surface area contributed by atoms with E-state index in [9.17, 15) is 14.9 Å². The van der Waals surface area contributed by atoms with Crippen LogP contribution in [0.25, 0.3) is 10.8 Å². The number of nitro groups is 1. The van der Waals surface area contributed by atoms with Crippen LogP contribution in [-0.2, 0) is 4.79 Å². The highest BCUT2D eigenvalue weighted by Crippen LogP contribution is 2.32. The molecule has 0 unspecified atom stereocenters. The predicted molar refractivity (Wildman–Crippen MR) is 66.8 cm³/mol. The van der Waals surface area contributed by atoms with E-state index in [1.54, 1.807) is 30.3 Å². The third kappa shape index (κ3) is 2.29. The molecule has 0 heterocycles. The van der Waals surface area contributed by atoms with Crippen LogP contribution in [0.5, 0.6) is 5.75 Å². The Morgan fingerprint density at radius 3 is 2.56 bits per heavy atom. The van der Waals surface area contributed by atoms with Crippen LogP contribution >= 0.6 is 0 Å². The Kier molecular flexibility index (Phi) is 3.52. The molecule has 2 rings (SSSR count). The molecule has 2 aromatic carbocycles. The monoisotopic (exact) mass is 245 g/mol. The van der Waals surface area contributed by atoms with E-state index in [0.717, 1.165) is 6.29 Å². The smallest absolute Gasteiger partial charge is 0.277 e. The van der Waals surface area contributed by atoms with Crippen LogP contribution in [-0.4, -0.2) is 17.8 Å². The number of non-ortho nitro benzene ring substituents is 1. The van der Waals surface area contributed by atoms with Crippen molar-refractivity contribution in [3.63, 3.8) is 0 Å². The molecule has 0 aliphatic rings. The summed E-state index contributed by atoms with van der Waals surface area (Å²) < 4.78 is 5.44. The second-order valence-corrected chi connectivity index (χ2v) is 3.69. The van der Waals surface area contributed by atoms with Gasteiger partial charge < -0.3 is 9.53 Å². The molecular weight excluding hydrogens is 234 g/mol. The van der Waals surface area contributed by atoms with Crippen LogP contribution in [0.3, 0.4) is 0 Å². The van der Waals surface area contributed by atoms with Crippen LogP contribution in [0.4, 0.5) is 5.69 Å². The summed E-state index contributed by atoms with van der Waals surface area (Å²) >= 11 is 0. The summed E-state index contributed by atoms with van der Waals surface area (Å²) in [6.45, 7) is 0.269. The maximum atomic E-state index is 10.9. The standard InChI is InChI=1S/C13H11NO4/c15-8-3-9-18-13-7-6-12(14(16)17)10-4-1-2-5-11(10)13/h1-2,4-8H,3,9H2. The van der Waals surface area contributed by atoms with Crippen LogP contribution in [0, 0.1) is 10.1 Å². The fourth-order valence-corrected chi connectivity index (χ4v) is 1.76. The van der Waals surface area contributed by atoms with Gasteiger partial charge in [-0.1, -0.05) is 18.2 Å². The molecule has 0 saturated carbocycles. The van der Waals surface area contributed by atoms with Gasteiger partial charge in [-0.25, -0.2) is 0 Å². The Labute approximate surface area is 103 Å². The quantitative estimate of drug-likeness (QED) is 0.351. The number of nitro benzene ring substituents is 1. The SMILES string of the molecule is O=CCCOc1ccc([N+](=O)[O-])c2ccccc12. The van der Waals surface area contributed by atoms with Gasteiger partial charge in [-0.2, -0.15) is 0 Å². The van der Waals surface area contributed by atoms with Crippen molar-refractivity contribution in [2.24, 2.45) is 0 Å². The molecule has 0 radical (unpaired) electrons. The van der Waals surface area contributed by atoms with Crippen molar-refractivity contribution >= 4 is 22.7 Å². The molecule has 0 saturated heterocycles. The molecule has 5 heteroatoms. The van der Waals surface area contributed by atoms with Gasteiger partial charge in [0, 0.05) is 17.9 Å². The Bertz CT molecular complexity index is 595. The number of fused-ring (bicyclic) bond motifs is 1. The average Bonchev–Trinajstić information content (AvgIpc) is 2.38. The fraction of sp³-hybridized carbons (Fsp3) is 0.154. The molecule has 0 bridgehead atoms. The van der Waals surface area contributed by atoms with E-state index in [1.807, 2.05) is 0 Å². The number of rotatable bonds is 5. The highest BCUT2D eigenvalue weighted by Gasteiger charge is 2.14. The van der Waals surface area contributed by atoms with Crippen molar-refractivity contribution < 1.29 is 14.5 Å². The molecule has 0 fully saturated rings. The van der Waals surface area contributed by atoms with Crippen molar-refractivity contribution in [1.29, 1.82) is 0 Å². The van der Waals surface area contributed by atoms with Gasteiger partial charge in [-0.05, 0) is 12.1 Å². The predicted octanol–water partition coefficient (Wildman–Crippen LogP) is 2.72. The molecule has 0 atom stereocenters. The molecule has 0 spiro atoms. The number of carbonyl (C=O) groups excluding carboxylic acids is 1.